The summed E-state index contributed by atoms with van der Waals surface area (Å²) in [5, 5.41) is 0. The topological polar surface area (TPSA) is 126 Å². The summed E-state index contributed by atoms with van der Waals surface area (Å²) in [6, 6.07) is 0. The molecule has 0 radical (unpaired) electrons. The Hall–Kier alpha value is 4.30. The largest absolute Gasteiger partial charge is 1.00 e. The fraction of sp³-hybridized carbons (Fsp3) is 1.00. The zero-order valence-electron chi connectivity index (χ0n) is 8.76. The number of hydrogen-bond donors (Lipinski definition) is 0. The molecule has 62 valence electrons. The molecule has 0 N–H and O–H groups in total. The van der Waals surface area contributed by atoms with E-state index >= 15 is 0 Å². The molecule has 0 aliphatic carbocycles. The molecule has 0 aromatic carbocycles. The Kier molecular flexibility index (Phi) is 30.4. The van der Waals surface area contributed by atoms with Gasteiger partial charge in [-0.25, -0.2) is 0 Å². The van der Waals surface area contributed by atoms with Gasteiger partial charge in [0.15, 0.2) is 0 Å². The first-order valence-corrected chi connectivity index (χ1v) is 5.68. The van der Waals surface area contributed by atoms with Crippen molar-refractivity contribution in [1.82, 2.24) is 0 Å². The van der Waals surface area contributed by atoms with Crippen molar-refractivity contribution in [3.8, 4) is 0 Å². The average Bonchev–Trinajstić information content (AvgIpc) is 1.57. The standard InChI is InChI=1S/C2H8O6P2.4Na/c3-9(4,5)1-2-10(6,7)8;;;;/h1-2H2,(H2,3,4,5)(H2,6,7,8);;;;/q;4*+1/p-4. The zero-order chi connectivity index (χ0) is 8.41. The van der Waals surface area contributed by atoms with Gasteiger partial charge in [-0.3, -0.25) is 0 Å². The second kappa shape index (κ2) is 13.7. The van der Waals surface area contributed by atoms with E-state index in [2.05, 4.69) is 0 Å². The van der Waals surface area contributed by atoms with Gasteiger partial charge in [0, 0.05) is 0 Å². The molecule has 0 amide bonds. The van der Waals surface area contributed by atoms with E-state index in [-0.39, 0.29) is 118 Å². The minimum absolute atomic E-state index is 0. The van der Waals surface area contributed by atoms with Crippen molar-refractivity contribution < 1.29 is 147 Å². The van der Waals surface area contributed by atoms with E-state index in [9.17, 15) is 28.7 Å². The maximum atomic E-state index is 9.75. The van der Waals surface area contributed by atoms with Crippen LogP contribution in [0.1, 0.15) is 0 Å². The first kappa shape index (κ1) is 31.0. The molecule has 6 nitrogen and oxygen atoms in total. The molecule has 0 aromatic rings. The zero-order valence-corrected chi connectivity index (χ0v) is 18.5. The molecule has 0 unspecified atom stereocenters. The monoisotopic (exact) mass is 278 g/mol. The normalized spacial score (nSPS) is 9.71. The van der Waals surface area contributed by atoms with Gasteiger partial charge in [-0.15, -0.1) is 0 Å². The van der Waals surface area contributed by atoms with Crippen molar-refractivity contribution in [2.45, 2.75) is 0 Å². The van der Waals surface area contributed by atoms with Crippen LogP contribution >= 0.6 is 15.2 Å². The Morgan fingerprint density at radius 1 is 0.643 bits per heavy atom. The number of hydrogen-bond acceptors (Lipinski definition) is 6. The van der Waals surface area contributed by atoms with Crippen molar-refractivity contribution in [3.63, 3.8) is 0 Å². The van der Waals surface area contributed by atoms with Crippen LogP contribution in [0.15, 0.2) is 0 Å². The van der Waals surface area contributed by atoms with Gasteiger partial charge in [-0.2, -0.15) is 0 Å². The van der Waals surface area contributed by atoms with E-state index < -0.39 is 27.5 Å². The van der Waals surface area contributed by atoms with Crippen LogP contribution in [0.25, 0.3) is 0 Å². The second-order valence-corrected chi connectivity index (χ2v) is 5.01. The maximum Gasteiger partial charge on any atom is 1.00 e. The van der Waals surface area contributed by atoms with Gasteiger partial charge in [-0.1, -0.05) is 15.2 Å². The van der Waals surface area contributed by atoms with Crippen LogP contribution in [0.4, 0.5) is 0 Å². The Morgan fingerprint density at radius 2 is 0.786 bits per heavy atom. The molecular formula is C2H4Na4O6P2. The molecule has 0 bridgehead atoms. The summed E-state index contributed by atoms with van der Waals surface area (Å²) in [6.07, 6.45) is -2.23. The predicted molar refractivity (Wildman–Crippen MR) is 24.9 cm³/mol. The Balaban J connectivity index is -0.0000000675. The van der Waals surface area contributed by atoms with Crippen LogP contribution < -0.4 is 138 Å². The van der Waals surface area contributed by atoms with Gasteiger partial charge < -0.3 is 28.7 Å². The molecule has 0 heterocycles. The molecule has 12 heteroatoms. The molecule has 0 fully saturated rings. The molecule has 0 saturated carbocycles. The minimum atomic E-state index is -4.83. The van der Waals surface area contributed by atoms with Gasteiger partial charge in [0.25, 0.3) is 0 Å². The van der Waals surface area contributed by atoms with E-state index in [4.69, 9.17) is 0 Å². The first-order chi connectivity index (χ1) is 4.21. The Bertz CT molecular complexity index is 176. The van der Waals surface area contributed by atoms with E-state index in [0.717, 1.165) is 0 Å². The Labute approximate surface area is 171 Å². The van der Waals surface area contributed by atoms with Crippen LogP contribution in [-0.2, 0) is 9.13 Å². The van der Waals surface area contributed by atoms with Crippen LogP contribution in [-0.4, -0.2) is 12.3 Å². The van der Waals surface area contributed by atoms with E-state index in [1.165, 1.54) is 0 Å². The molecule has 0 saturated heterocycles. The molecule has 14 heavy (non-hydrogen) atoms. The summed E-state index contributed by atoms with van der Waals surface area (Å²) >= 11 is 0. The summed E-state index contributed by atoms with van der Waals surface area (Å²) in [6.45, 7) is 0. The smallest absolute Gasteiger partial charge is 0.811 e. The van der Waals surface area contributed by atoms with Crippen molar-refractivity contribution >= 4 is 15.2 Å². The molecule has 0 spiro atoms. The maximum absolute atomic E-state index is 9.75. The summed E-state index contributed by atoms with van der Waals surface area (Å²) < 4.78 is 19.5. The van der Waals surface area contributed by atoms with Crippen molar-refractivity contribution in [2.24, 2.45) is 0 Å². The Morgan fingerprint density at radius 3 is 0.857 bits per heavy atom. The van der Waals surface area contributed by atoms with Crippen LogP contribution in [0, 0.1) is 0 Å². The van der Waals surface area contributed by atoms with Crippen LogP contribution in [0.2, 0.25) is 0 Å². The van der Waals surface area contributed by atoms with Gasteiger partial charge in [0.05, 0.1) is 0 Å². The number of rotatable bonds is 3. The van der Waals surface area contributed by atoms with E-state index in [1.807, 2.05) is 0 Å². The fourth-order valence-electron chi connectivity index (χ4n) is 0.245. The summed E-state index contributed by atoms with van der Waals surface area (Å²) in [7, 11) is -9.67. The van der Waals surface area contributed by atoms with Crippen LogP contribution in [0.3, 0.4) is 0 Å². The average molecular weight is 278 g/mol. The molecule has 0 aromatic heterocycles. The second-order valence-electron chi connectivity index (χ2n) is 1.67. The predicted octanol–water partition coefficient (Wildman–Crippen LogP) is -15.2. The van der Waals surface area contributed by atoms with Gasteiger partial charge in [0.1, 0.15) is 0 Å². The SMILES string of the molecule is O=P([O-])([O-])CCP(=O)([O-])[O-].[Na+].[Na+].[Na+].[Na+]. The first-order valence-electron chi connectivity index (χ1n) is 2.23. The van der Waals surface area contributed by atoms with Crippen molar-refractivity contribution in [3.05, 3.63) is 0 Å². The molecule has 0 aliphatic rings. The van der Waals surface area contributed by atoms with Gasteiger partial charge in [0.2, 0.25) is 0 Å². The summed E-state index contributed by atoms with van der Waals surface area (Å²) in [5.74, 6) is 0. The van der Waals surface area contributed by atoms with Crippen molar-refractivity contribution in [1.29, 1.82) is 0 Å². The molecule has 0 aliphatic heterocycles. The summed E-state index contributed by atoms with van der Waals surface area (Å²) in [4.78, 5) is 39.0. The third-order valence-electron chi connectivity index (χ3n) is 0.648. The minimum Gasteiger partial charge on any atom is -0.811 e. The molecular weight excluding hydrogens is 274 g/mol. The third kappa shape index (κ3) is 29.9. The quantitative estimate of drug-likeness (QED) is 0.372. The van der Waals surface area contributed by atoms with Gasteiger partial charge >= 0.3 is 118 Å². The molecule has 0 atom stereocenters. The van der Waals surface area contributed by atoms with Crippen LogP contribution in [0.5, 0.6) is 0 Å². The van der Waals surface area contributed by atoms with Crippen molar-refractivity contribution in [2.75, 3.05) is 12.3 Å². The molecule has 0 rings (SSSR count). The summed E-state index contributed by atoms with van der Waals surface area (Å²) in [5.41, 5.74) is 0. The fourth-order valence-corrected chi connectivity index (χ4v) is 2.20. The third-order valence-corrected chi connectivity index (χ3v) is 2.54. The van der Waals surface area contributed by atoms with E-state index in [0.29, 0.717) is 0 Å². The van der Waals surface area contributed by atoms with E-state index in [1.54, 1.807) is 0 Å². The van der Waals surface area contributed by atoms with Gasteiger partial charge in [-0.05, 0) is 12.3 Å².